The largest absolute Gasteiger partial charge is 0.387 e. The van der Waals surface area contributed by atoms with Crippen molar-refractivity contribution >= 4 is 0 Å². The highest BCUT2D eigenvalue weighted by molar-refractivity contribution is 5.07. The fourth-order valence-electron chi connectivity index (χ4n) is 2.64. The van der Waals surface area contributed by atoms with Gasteiger partial charge in [0.1, 0.15) is 23.4 Å². The maximum atomic E-state index is 10.9. The van der Waals surface area contributed by atoms with Gasteiger partial charge in [-0.2, -0.15) is 0 Å². The molecular weight excluding hydrogens is 276 g/mol. The Bertz CT molecular complexity index is 300. The second-order valence-electron chi connectivity index (χ2n) is 5.59. The Morgan fingerprint density at radius 2 is 1.24 bits per heavy atom. The molecule has 6 atom stereocenters. The molecule has 21 heavy (non-hydrogen) atoms. The third kappa shape index (κ3) is 3.75. The van der Waals surface area contributed by atoms with Gasteiger partial charge in [-0.25, -0.2) is 0 Å². The van der Waals surface area contributed by atoms with E-state index in [9.17, 15) is 5.11 Å². The van der Waals surface area contributed by atoms with E-state index in [0.717, 1.165) is 0 Å². The first-order chi connectivity index (χ1) is 9.69. The normalized spacial score (nSPS) is 23.7. The van der Waals surface area contributed by atoms with Crippen LogP contribution in [-0.4, -0.2) is 76.3 Å². The monoisotopic (exact) mass is 308 g/mol. The van der Waals surface area contributed by atoms with Crippen molar-refractivity contribution in [2.24, 2.45) is 0 Å². The third-order valence-corrected chi connectivity index (χ3v) is 4.95. The van der Waals surface area contributed by atoms with Crippen LogP contribution in [-0.2, 0) is 23.7 Å². The van der Waals surface area contributed by atoms with E-state index in [4.69, 9.17) is 23.7 Å². The van der Waals surface area contributed by atoms with E-state index in [-0.39, 0.29) is 12.2 Å². The van der Waals surface area contributed by atoms with Crippen LogP contribution in [0, 0.1) is 0 Å². The van der Waals surface area contributed by atoms with Crippen molar-refractivity contribution in [2.45, 2.75) is 63.3 Å². The second-order valence-corrected chi connectivity index (χ2v) is 5.59. The van der Waals surface area contributed by atoms with Crippen molar-refractivity contribution in [3.05, 3.63) is 0 Å². The zero-order chi connectivity index (χ0) is 16.8. The molecule has 0 rings (SSSR count). The molecule has 0 saturated carbocycles. The average molecular weight is 308 g/mol. The fraction of sp³-hybridized carbons (Fsp3) is 1.00. The number of aliphatic hydroxyl groups is 1. The van der Waals surface area contributed by atoms with Crippen molar-refractivity contribution in [1.82, 2.24) is 0 Å². The summed E-state index contributed by atoms with van der Waals surface area (Å²) in [6.45, 7) is 7.33. The lowest BCUT2D eigenvalue weighted by Gasteiger charge is -2.51. The zero-order valence-electron chi connectivity index (χ0n) is 14.8. The van der Waals surface area contributed by atoms with Crippen molar-refractivity contribution in [1.29, 1.82) is 0 Å². The molecule has 0 spiro atoms. The minimum Gasteiger partial charge on any atom is -0.387 e. The Balaban J connectivity index is 5.69. The van der Waals surface area contributed by atoms with Gasteiger partial charge in [0.2, 0.25) is 0 Å². The summed E-state index contributed by atoms with van der Waals surface area (Å²) in [6, 6.07) is 0. The van der Waals surface area contributed by atoms with Gasteiger partial charge in [-0.15, -0.1) is 0 Å². The summed E-state index contributed by atoms with van der Waals surface area (Å²) in [5.74, 6) is 0. The molecule has 0 heterocycles. The predicted octanol–water partition coefficient (Wildman–Crippen LogP) is 1.24. The molecule has 0 aliphatic rings. The topological polar surface area (TPSA) is 66.4 Å². The lowest BCUT2D eigenvalue weighted by atomic mass is 9.75. The first-order valence-electron chi connectivity index (χ1n) is 7.06. The van der Waals surface area contributed by atoms with E-state index >= 15 is 0 Å². The van der Waals surface area contributed by atoms with Gasteiger partial charge in [0.15, 0.2) is 0 Å². The van der Waals surface area contributed by atoms with Crippen molar-refractivity contribution in [3.8, 4) is 0 Å². The number of methoxy groups -OCH3 is 5. The van der Waals surface area contributed by atoms with Crippen molar-refractivity contribution in [2.75, 3.05) is 35.5 Å². The summed E-state index contributed by atoms with van der Waals surface area (Å²) >= 11 is 0. The van der Waals surface area contributed by atoms with E-state index in [1.54, 1.807) is 28.3 Å². The smallest absolute Gasteiger partial charge is 0.124 e. The molecule has 128 valence electrons. The minimum absolute atomic E-state index is 0.307. The predicted molar refractivity (Wildman–Crippen MR) is 80.6 cm³/mol. The summed E-state index contributed by atoms with van der Waals surface area (Å²) in [7, 11) is 7.80. The number of hydrogen-bond acceptors (Lipinski definition) is 6. The van der Waals surface area contributed by atoms with Gasteiger partial charge < -0.3 is 28.8 Å². The Labute approximate surface area is 128 Å². The molecule has 0 saturated heterocycles. The van der Waals surface area contributed by atoms with Crippen LogP contribution >= 0.6 is 0 Å². The van der Waals surface area contributed by atoms with Crippen LogP contribution in [0.5, 0.6) is 0 Å². The van der Waals surface area contributed by atoms with Crippen LogP contribution < -0.4 is 0 Å². The molecule has 0 aliphatic heterocycles. The van der Waals surface area contributed by atoms with Gasteiger partial charge in [-0.1, -0.05) is 0 Å². The van der Waals surface area contributed by atoms with E-state index in [0.29, 0.717) is 0 Å². The van der Waals surface area contributed by atoms with Crippen LogP contribution in [0.2, 0.25) is 0 Å². The van der Waals surface area contributed by atoms with Gasteiger partial charge in [0.05, 0.1) is 12.2 Å². The Kier molecular flexibility index (Phi) is 8.31. The molecule has 1 N–H and O–H groups in total. The molecule has 0 aliphatic carbocycles. The standard InChI is InChI=1S/C15H32O6/c1-10(17-5)12(19-7)13(16)15(4,21-9)14(3,20-8)11(2)18-6/h10-13,16H,1-9H3. The van der Waals surface area contributed by atoms with Gasteiger partial charge in [0.25, 0.3) is 0 Å². The van der Waals surface area contributed by atoms with Gasteiger partial charge in [-0.05, 0) is 27.7 Å². The molecule has 0 aromatic heterocycles. The lowest BCUT2D eigenvalue weighted by Crippen LogP contribution is -2.68. The Hall–Kier alpha value is -0.240. The van der Waals surface area contributed by atoms with Crippen molar-refractivity contribution < 1.29 is 28.8 Å². The fourth-order valence-corrected chi connectivity index (χ4v) is 2.64. The zero-order valence-corrected chi connectivity index (χ0v) is 14.8. The van der Waals surface area contributed by atoms with Crippen LogP contribution in [0.3, 0.4) is 0 Å². The summed E-state index contributed by atoms with van der Waals surface area (Å²) in [6.07, 6.45) is -2.17. The van der Waals surface area contributed by atoms with Gasteiger partial charge >= 0.3 is 0 Å². The van der Waals surface area contributed by atoms with Crippen LogP contribution in [0.15, 0.2) is 0 Å². The Morgan fingerprint density at radius 3 is 1.52 bits per heavy atom. The first-order valence-corrected chi connectivity index (χ1v) is 7.06. The molecule has 0 aromatic carbocycles. The quantitative estimate of drug-likeness (QED) is 0.655. The molecule has 6 unspecified atom stereocenters. The molecule has 6 heteroatoms. The highest BCUT2D eigenvalue weighted by Gasteiger charge is 2.57. The van der Waals surface area contributed by atoms with E-state index < -0.39 is 23.4 Å². The lowest BCUT2D eigenvalue weighted by molar-refractivity contribution is -0.269. The molecular formula is C15H32O6. The SMILES string of the molecule is COC(C)C(OC)C(O)C(C)(OC)C(C)(OC)C(C)OC. The molecule has 0 amide bonds. The maximum Gasteiger partial charge on any atom is 0.124 e. The van der Waals surface area contributed by atoms with Gasteiger partial charge in [0, 0.05) is 35.5 Å². The average Bonchev–Trinajstić information content (AvgIpc) is 2.52. The van der Waals surface area contributed by atoms with Gasteiger partial charge in [-0.3, -0.25) is 0 Å². The van der Waals surface area contributed by atoms with Crippen molar-refractivity contribution in [3.63, 3.8) is 0 Å². The summed E-state index contributed by atoms with van der Waals surface area (Å²) in [5, 5.41) is 10.9. The molecule has 0 bridgehead atoms. The van der Waals surface area contributed by atoms with E-state index in [1.807, 2.05) is 20.8 Å². The number of rotatable bonds is 10. The summed E-state index contributed by atoms with van der Waals surface area (Å²) < 4.78 is 27.5. The third-order valence-electron chi connectivity index (χ3n) is 4.95. The highest BCUT2D eigenvalue weighted by atomic mass is 16.6. The molecule has 0 aromatic rings. The Morgan fingerprint density at radius 1 is 0.762 bits per heavy atom. The number of ether oxygens (including phenoxy) is 5. The van der Waals surface area contributed by atoms with E-state index in [2.05, 4.69) is 0 Å². The second kappa shape index (κ2) is 8.41. The summed E-state index contributed by atoms with van der Waals surface area (Å²) in [4.78, 5) is 0. The van der Waals surface area contributed by atoms with E-state index in [1.165, 1.54) is 14.2 Å². The minimum atomic E-state index is -1.06. The number of hydrogen-bond donors (Lipinski definition) is 1. The van der Waals surface area contributed by atoms with Crippen LogP contribution in [0.1, 0.15) is 27.7 Å². The first kappa shape index (κ1) is 20.8. The number of aliphatic hydroxyl groups excluding tert-OH is 1. The summed E-state index contributed by atoms with van der Waals surface area (Å²) in [5.41, 5.74) is -1.95. The molecule has 0 fully saturated rings. The van der Waals surface area contributed by atoms with Crippen LogP contribution in [0.25, 0.3) is 0 Å². The molecule has 6 nitrogen and oxygen atoms in total. The highest BCUT2D eigenvalue weighted by Crippen LogP contribution is 2.38. The maximum absolute atomic E-state index is 10.9. The molecule has 0 radical (unpaired) electrons. The van der Waals surface area contributed by atoms with Crippen LogP contribution in [0.4, 0.5) is 0 Å².